The third kappa shape index (κ3) is 12.1. The summed E-state index contributed by atoms with van der Waals surface area (Å²) in [6.45, 7) is 5.63. The number of hydrogen-bond acceptors (Lipinski definition) is 8. The molecule has 8 nitrogen and oxygen atoms in total. The van der Waals surface area contributed by atoms with Crippen LogP contribution in [0.25, 0.3) is 0 Å². The predicted molar refractivity (Wildman–Crippen MR) is 207 cm³/mol. The van der Waals surface area contributed by atoms with Crippen LogP contribution in [0.4, 0.5) is 11.4 Å². The molecule has 8 heteroatoms. The molecule has 52 heavy (non-hydrogen) atoms. The number of esters is 2. The second kappa shape index (κ2) is 20.0. The molecule has 0 spiro atoms. The molecule has 0 fully saturated rings. The number of carbonyl (C=O) groups excluding carboxylic acids is 2. The highest BCUT2D eigenvalue weighted by molar-refractivity contribution is 5.92. The first-order valence-corrected chi connectivity index (χ1v) is 17.8. The molecule has 0 N–H and O–H groups in total. The third-order valence-electron chi connectivity index (χ3n) is 7.94. The van der Waals surface area contributed by atoms with E-state index in [-0.39, 0.29) is 0 Å². The van der Waals surface area contributed by atoms with Gasteiger partial charge in [-0.1, -0.05) is 57.7 Å². The third-order valence-corrected chi connectivity index (χ3v) is 7.94. The normalized spacial score (nSPS) is 11.1. The first kappa shape index (κ1) is 37.2. The van der Waals surface area contributed by atoms with Crippen LogP contribution in [0.2, 0.25) is 0 Å². The van der Waals surface area contributed by atoms with Gasteiger partial charge in [-0.05, 0) is 127 Å². The quantitative estimate of drug-likeness (QED) is 0.0392. The topological polar surface area (TPSA) is 95.8 Å². The number of carbonyl (C=O) groups is 2. The molecule has 266 valence electrons. The van der Waals surface area contributed by atoms with Gasteiger partial charge >= 0.3 is 11.9 Å². The molecule has 0 aliphatic carbocycles. The fraction of sp³-hybridized carbons (Fsp3) is 0.227. The van der Waals surface area contributed by atoms with E-state index >= 15 is 0 Å². The highest BCUT2D eigenvalue weighted by atomic mass is 16.5. The Hall–Kier alpha value is -6.02. The number of aliphatic imine (C=N–C) groups is 2. The highest BCUT2D eigenvalue weighted by Crippen LogP contribution is 2.22. The van der Waals surface area contributed by atoms with Gasteiger partial charge in [0.05, 0.1) is 35.7 Å². The number of hydrogen-bond donors (Lipinski definition) is 0. The highest BCUT2D eigenvalue weighted by Gasteiger charge is 2.10. The summed E-state index contributed by atoms with van der Waals surface area (Å²) in [6, 6.07) is 35.8. The summed E-state index contributed by atoms with van der Waals surface area (Å²) in [5.74, 6) is 1.46. The molecule has 0 saturated heterocycles. The lowest BCUT2D eigenvalue weighted by Crippen LogP contribution is -2.08. The van der Waals surface area contributed by atoms with Crippen LogP contribution in [-0.2, 0) is 0 Å². The summed E-state index contributed by atoms with van der Waals surface area (Å²) in [5.41, 5.74) is 4.13. The van der Waals surface area contributed by atoms with Crippen molar-refractivity contribution in [2.75, 3.05) is 13.2 Å². The SMILES string of the molecule is CCCCCOc1ccc(C(=O)Oc2ccc(N=Cc3cccc(C=Nc4ccc(OC(=O)c5ccc(OCCCCC)cc5)cc4)c3)cc2)cc1. The molecule has 0 atom stereocenters. The Morgan fingerprint density at radius 2 is 0.885 bits per heavy atom. The predicted octanol–water partition coefficient (Wildman–Crippen LogP) is 10.8. The Morgan fingerprint density at radius 3 is 1.27 bits per heavy atom. The summed E-state index contributed by atoms with van der Waals surface area (Å²) in [4.78, 5) is 34.4. The van der Waals surface area contributed by atoms with Gasteiger partial charge in [0, 0.05) is 12.4 Å². The monoisotopic (exact) mass is 696 g/mol. The van der Waals surface area contributed by atoms with E-state index in [1.54, 1.807) is 109 Å². The largest absolute Gasteiger partial charge is 0.494 e. The molecule has 0 radical (unpaired) electrons. The molecule has 0 aliphatic rings. The molecule has 5 rings (SSSR count). The van der Waals surface area contributed by atoms with Crippen LogP contribution in [-0.4, -0.2) is 37.6 Å². The van der Waals surface area contributed by atoms with Crippen molar-refractivity contribution >= 4 is 35.7 Å². The zero-order valence-corrected chi connectivity index (χ0v) is 29.7. The second-order valence-corrected chi connectivity index (χ2v) is 12.1. The van der Waals surface area contributed by atoms with Crippen molar-refractivity contribution in [3.05, 3.63) is 144 Å². The van der Waals surface area contributed by atoms with E-state index in [1.807, 2.05) is 24.3 Å². The summed E-state index contributed by atoms with van der Waals surface area (Å²) in [7, 11) is 0. The number of ether oxygens (including phenoxy) is 4. The van der Waals surface area contributed by atoms with Crippen molar-refractivity contribution in [2.45, 2.75) is 52.4 Å². The Balaban J connectivity index is 1.08. The van der Waals surface area contributed by atoms with Gasteiger partial charge in [-0.2, -0.15) is 0 Å². The van der Waals surface area contributed by atoms with Crippen LogP contribution < -0.4 is 18.9 Å². The zero-order chi connectivity index (χ0) is 36.4. The molecule has 0 saturated carbocycles. The summed E-state index contributed by atoms with van der Waals surface area (Å²) in [6.07, 6.45) is 10.1. The van der Waals surface area contributed by atoms with Crippen molar-refractivity contribution < 1.29 is 28.5 Å². The molecular weight excluding hydrogens is 652 g/mol. The standard InChI is InChI=1S/C44H44N2O6/c1-3-5-7-28-49-39-20-12-35(13-21-39)43(47)51-41-24-16-37(17-25-41)45-31-33-10-9-11-34(30-33)32-46-38-18-26-42(27-19-38)52-44(48)36-14-22-40(23-15-36)50-29-8-6-4-2/h9-27,30-32H,3-8,28-29H2,1-2H3. The number of rotatable bonds is 18. The van der Waals surface area contributed by atoms with Crippen LogP contribution in [0.5, 0.6) is 23.0 Å². The first-order valence-electron chi connectivity index (χ1n) is 17.8. The van der Waals surface area contributed by atoms with Gasteiger partial charge < -0.3 is 18.9 Å². The minimum Gasteiger partial charge on any atom is -0.494 e. The van der Waals surface area contributed by atoms with Crippen LogP contribution in [0.1, 0.15) is 84.2 Å². The van der Waals surface area contributed by atoms with Crippen LogP contribution in [0, 0.1) is 0 Å². The maximum atomic E-state index is 12.6. The maximum absolute atomic E-state index is 12.6. The van der Waals surface area contributed by atoms with Gasteiger partial charge in [0.1, 0.15) is 23.0 Å². The van der Waals surface area contributed by atoms with E-state index in [9.17, 15) is 9.59 Å². The van der Waals surface area contributed by atoms with Gasteiger partial charge in [-0.3, -0.25) is 9.98 Å². The molecule has 0 heterocycles. The van der Waals surface area contributed by atoms with E-state index in [1.165, 1.54) is 0 Å². The van der Waals surface area contributed by atoms with Crippen molar-refractivity contribution in [1.82, 2.24) is 0 Å². The second-order valence-electron chi connectivity index (χ2n) is 12.1. The molecule has 0 aromatic heterocycles. The van der Waals surface area contributed by atoms with E-state index < -0.39 is 11.9 Å². The fourth-order valence-corrected chi connectivity index (χ4v) is 5.01. The Morgan fingerprint density at radius 1 is 0.500 bits per heavy atom. The Labute approximate surface area is 305 Å². The minimum atomic E-state index is -0.437. The molecule has 5 aromatic rings. The molecular formula is C44H44N2O6. The van der Waals surface area contributed by atoms with Crippen molar-refractivity contribution in [3.63, 3.8) is 0 Å². The molecule has 0 aliphatic heterocycles. The van der Waals surface area contributed by atoms with E-state index in [4.69, 9.17) is 18.9 Å². The van der Waals surface area contributed by atoms with Gasteiger partial charge in [-0.15, -0.1) is 0 Å². The Bertz CT molecular complexity index is 1780. The van der Waals surface area contributed by atoms with E-state index in [0.29, 0.717) is 47.2 Å². The molecule has 0 amide bonds. The van der Waals surface area contributed by atoms with E-state index in [0.717, 1.165) is 61.2 Å². The van der Waals surface area contributed by atoms with Gasteiger partial charge in [-0.25, -0.2) is 9.59 Å². The zero-order valence-electron chi connectivity index (χ0n) is 29.7. The molecule has 5 aromatic carbocycles. The molecule has 0 unspecified atom stereocenters. The average molecular weight is 697 g/mol. The van der Waals surface area contributed by atoms with E-state index in [2.05, 4.69) is 23.8 Å². The Kier molecular flexibility index (Phi) is 14.3. The summed E-state index contributed by atoms with van der Waals surface area (Å²) >= 11 is 0. The lowest BCUT2D eigenvalue weighted by atomic mass is 10.1. The number of nitrogens with zero attached hydrogens (tertiary/aromatic N) is 2. The van der Waals surface area contributed by atoms with Gasteiger partial charge in [0.2, 0.25) is 0 Å². The average Bonchev–Trinajstić information content (AvgIpc) is 3.18. The first-order chi connectivity index (χ1) is 25.5. The van der Waals surface area contributed by atoms with Gasteiger partial charge in [0.25, 0.3) is 0 Å². The van der Waals surface area contributed by atoms with Gasteiger partial charge in [0.15, 0.2) is 0 Å². The smallest absolute Gasteiger partial charge is 0.343 e. The van der Waals surface area contributed by atoms with Crippen LogP contribution >= 0.6 is 0 Å². The van der Waals surface area contributed by atoms with Crippen LogP contribution in [0.3, 0.4) is 0 Å². The lowest BCUT2D eigenvalue weighted by Gasteiger charge is -2.07. The fourth-order valence-electron chi connectivity index (χ4n) is 5.01. The maximum Gasteiger partial charge on any atom is 0.343 e. The minimum absolute atomic E-state index is 0.432. The molecule has 0 bridgehead atoms. The van der Waals surface area contributed by atoms with Crippen molar-refractivity contribution in [2.24, 2.45) is 9.98 Å². The number of benzene rings is 5. The lowest BCUT2D eigenvalue weighted by molar-refractivity contribution is 0.0725. The summed E-state index contributed by atoms with van der Waals surface area (Å²) in [5, 5.41) is 0. The summed E-state index contributed by atoms with van der Waals surface area (Å²) < 4.78 is 22.5. The number of unbranched alkanes of at least 4 members (excludes halogenated alkanes) is 4. The van der Waals surface area contributed by atoms with Crippen molar-refractivity contribution in [3.8, 4) is 23.0 Å². The van der Waals surface area contributed by atoms with Crippen LogP contribution in [0.15, 0.2) is 131 Å². The van der Waals surface area contributed by atoms with Crippen molar-refractivity contribution in [1.29, 1.82) is 0 Å².